The summed E-state index contributed by atoms with van der Waals surface area (Å²) in [7, 11) is 1.76. The summed E-state index contributed by atoms with van der Waals surface area (Å²) >= 11 is 9.67. The van der Waals surface area contributed by atoms with Crippen molar-refractivity contribution in [3.63, 3.8) is 0 Å². The summed E-state index contributed by atoms with van der Waals surface area (Å²) in [5.74, 6) is -0.0544. The number of halogens is 2. The lowest BCUT2D eigenvalue weighted by Crippen LogP contribution is -2.26. The number of aromatic nitrogens is 1. The lowest BCUT2D eigenvalue weighted by atomic mass is 10.2. The van der Waals surface area contributed by atoms with Crippen molar-refractivity contribution in [3.8, 4) is 0 Å². The Kier molecular flexibility index (Phi) is 4.58. The van der Waals surface area contributed by atoms with Crippen molar-refractivity contribution < 1.29 is 4.79 Å². The highest BCUT2D eigenvalue weighted by Crippen LogP contribution is 2.20. The minimum absolute atomic E-state index is 0.0544. The molecule has 1 heterocycles. The van der Waals surface area contributed by atoms with E-state index in [0.29, 0.717) is 17.1 Å². The van der Waals surface area contributed by atoms with Gasteiger partial charge >= 0.3 is 0 Å². The zero-order valence-electron chi connectivity index (χ0n) is 9.56. The van der Waals surface area contributed by atoms with Gasteiger partial charge in [0.25, 0.3) is 5.91 Å². The first kappa shape index (κ1) is 13.8. The predicted octanol–water partition coefficient (Wildman–Crippen LogP) is 3.67. The van der Waals surface area contributed by atoms with Crippen LogP contribution in [-0.4, -0.2) is 22.8 Å². The van der Waals surface area contributed by atoms with Crippen molar-refractivity contribution in [1.29, 1.82) is 0 Å². The molecule has 0 saturated carbocycles. The number of carbonyl (C=O) groups is 1. The minimum Gasteiger partial charge on any atom is -0.336 e. The average Bonchev–Trinajstić information content (AvgIpc) is 2.84. The van der Waals surface area contributed by atoms with E-state index in [1.807, 2.05) is 11.4 Å². The quantitative estimate of drug-likeness (QED) is 0.747. The van der Waals surface area contributed by atoms with Gasteiger partial charge in [-0.2, -0.15) is 0 Å². The molecule has 0 aliphatic rings. The maximum Gasteiger partial charge on any atom is 0.254 e. The van der Waals surface area contributed by atoms with Gasteiger partial charge in [0.15, 0.2) is 0 Å². The van der Waals surface area contributed by atoms with Crippen LogP contribution < -0.4 is 0 Å². The van der Waals surface area contributed by atoms with Crippen LogP contribution in [0.15, 0.2) is 29.1 Å². The summed E-state index contributed by atoms with van der Waals surface area (Å²) in [6, 6.07) is 5.32. The standard InChI is InChI=1S/C12H10ClIN2OS/c1-16(5-9-6-18-7-15-9)12(17)8-2-3-11(14)10(13)4-8/h2-4,6-7H,5H2,1H3. The van der Waals surface area contributed by atoms with E-state index in [1.54, 1.807) is 29.6 Å². The summed E-state index contributed by atoms with van der Waals surface area (Å²) in [4.78, 5) is 18.0. The maximum absolute atomic E-state index is 12.2. The van der Waals surface area contributed by atoms with Gasteiger partial charge in [0.1, 0.15) is 0 Å². The van der Waals surface area contributed by atoms with Crippen LogP contribution in [0.2, 0.25) is 5.02 Å². The molecule has 94 valence electrons. The average molecular weight is 393 g/mol. The largest absolute Gasteiger partial charge is 0.336 e. The van der Waals surface area contributed by atoms with E-state index in [2.05, 4.69) is 27.6 Å². The molecule has 18 heavy (non-hydrogen) atoms. The van der Waals surface area contributed by atoms with Crippen molar-refractivity contribution in [2.24, 2.45) is 0 Å². The lowest BCUT2D eigenvalue weighted by molar-refractivity contribution is 0.0783. The SMILES string of the molecule is CN(Cc1cscn1)C(=O)c1ccc(I)c(Cl)c1. The van der Waals surface area contributed by atoms with Crippen LogP contribution in [-0.2, 0) is 6.54 Å². The minimum atomic E-state index is -0.0544. The highest BCUT2D eigenvalue weighted by Gasteiger charge is 2.13. The summed E-state index contributed by atoms with van der Waals surface area (Å²) in [5, 5.41) is 2.54. The van der Waals surface area contributed by atoms with Gasteiger partial charge in [0.2, 0.25) is 0 Å². The van der Waals surface area contributed by atoms with E-state index in [4.69, 9.17) is 11.6 Å². The smallest absolute Gasteiger partial charge is 0.254 e. The van der Waals surface area contributed by atoms with Crippen molar-refractivity contribution in [2.75, 3.05) is 7.05 Å². The van der Waals surface area contributed by atoms with Gasteiger partial charge in [-0.25, -0.2) is 4.98 Å². The van der Waals surface area contributed by atoms with Gasteiger partial charge in [-0.05, 0) is 40.8 Å². The number of hydrogen-bond acceptors (Lipinski definition) is 3. The highest BCUT2D eigenvalue weighted by molar-refractivity contribution is 14.1. The molecule has 0 aliphatic carbocycles. The third-order valence-corrected chi connectivity index (χ3v) is 4.60. The van der Waals surface area contributed by atoms with Gasteiger partial charge in [0.05, 0.1) is 22.8 Å². The van der Waals surface area contributed by atoms with Crippen LogP contribution in [0.5, 0.6) is 0 Å². The van der Waals surface area contributed by atoms with Crippen LogP contribution in [0, 0.1) is 3.57 Å². The third kappa shape index (κ3) is 3.21. The Bertz CT molecular complexity index is 559. The Hall–Kier alpha value is -0.660. The maximum atomic E-state index is 12.2. The first-order valence-corrected chi connectivity index (χ1v) is 7.55. The second-order valence-corrected chi connectivity index (χ2v) is 6.06. The van der Waals surface area contributed by atoms with E-state index in [-0.39, 0.29) is 5.91 Å². The third-order valence-electron chi connectivity index (χ3n) is 2.40. The number of hydrogen-bond donors (Lipinski definition) is 0. The zero-order chi connectivity index (χ0) is 13.1. The van der Waals surface area contributed by atoms with Gasteiger partial charge in [-0.3, -0.25) is 4.79 Å². The molecular formula is C12H10ClIN2OS. The van der Waals surface area contributed by atoms with E-state index in [0.717, 1.165) is 9.26 Å². The molecule has 0 unspecified atom stereocenters. The van der Waals surface area contributed by atoms with Gasteiger partial charge in [-0.15, -0.1) is 11.3 Å². The molecule has 0 bridgehead atoms. The van der Waals surface area contributed by atoms with E-state index >= 15 is 0 Å². The summed E-state index contributed by atoms with van der Waals surface area (Å²) in [5.41, 5.74) is 3.25. The highest BCUT2D eigenvalue weighted by atomic mass is 127. The fourth-order valence-corrected chi connectivity index (χ4v) is 2.55. The first-order valence-electron chi connectivity index (χ1n) is 5.15. The van der Waals surface area contributed by atoms with Crippen molar-refractivity contribution >= 4 is 51.4 Å². The fraction of sp³-hybridized carbons (Fsp3) is 0.167. The molecule has 1 aromatic heterocycles. The second-order valence-electron chi connectivity index (χ2n) is 3.77. The molecule has 0 radical (unpaired) electrons. The number of benzene rings is 1. The normalized spacial score (nSPS) is 10.4. The first-order chi connectivity index (χ1) is 8.58. The Morgan fingerprint density at radius 2 is 2.33 bits per heavy atom. The molecule has 0 fully saturated rings. The van der Waals surface area contributed by atoms with Gasteiger partial charge in [0, 0.05) is 21.6 Å². The van der Waals surface area contributed by atoms with Crippen LogP contribution in [0.4, 0.5) is 0 Å². The Balaban J connectivity index is 2.12. The molecule has 2 rings (SSSR count). The molecule has 1 aromatic carbocycles. The monoisotopic (exact) mass is 392 g/mol. The molecule has 0 saturated heterocycles. The molecule has 1 amide bonds. The van der Waals surface area contributed by atoms with Crippen LogP contribution in [0.25, 0.3) is 0 Å². The molecule has 3 nitrogen and oxygen atoms in total. The molecule has 0 atom stereocenters. The van der Waals surface area contributed by atoms with Crippen LogP contribution in [0.3, 0.4) is 0 Å². The number of rotatable bonds is 3. The Labute approximate surface area is 128 Å². The number of amides is 1. The summed E-state index contributed by atoms with van der Waals surface area (Å²) in [6.45, 7) is 0.506. The molecule has 0 N–H and O–H groups in total. The molecule has 0 spiro atoms. The molecule has 0 aliphatic heterocycles. The summed E-state index contributed by atoms with van der Waals surface area (Å²) < 4.78 is 0.938. The van der Waals surface area contributed by atoms with Gasteiger partial charge < -0.3 is 4.90 Å². The number of nitrogens with zero attached hydrogens (tertiary/aromatic N) is 2. The topological polar surface area (TPSA) is 33.2 Å². The Morgan fingerprint density at radius 3 is 2.94 bits per heavy atom. The van der Waals surface area contributed by atoms with E-state index < -0.39 is 0 Å². The van der Waals surface area contributed by atoms with Crippen molar-refractivity contribution in [3.05, 3.63) is 48.9 Å². The van der Waals surface area contributed by atoms with Gasteiger partial charge in [-0.1, -0.05) is 11.6 Å². The van der Waals surface area contributed by atoms with Crippen LogP contribution >= 0.6 is 45.5 Å². The van der Waals surface area contributed by atoms with Crippen molar-refractivity contribution in [2.45, 2.75) is 6.54 Å². The van der Waals surface area contributed by atoms with Crippen molar-refractivity contribution in [1.82, 2.24) is 9.88 Å². The van der Waals surface area contributed by atoms with E-state index in [1.165, 1.54) is 11.3 Å². The second kappa shape index (κ2) is 5.99. The molecule has 2 aromatic rings. The number of thiazole rings is 1. The Morgan fingerprint density at radius 1 is 1.56 bits per heavy atom. The number of carbonyl (C=O) groups excluding carboxylic acids is 1. The predicted molar refractivity (Wildman–Crippen MR) is 82.1 cm³/mol. The summed E-state index contributed by atoms with van der Waals surface area (Å²) in [6.07, 6.45) is 0. The fourth-order valence-electron chi connectivity index (χ4n) is 1.48. The van der Waals surface area contributed by atoms with Crippen LogP contribution in [0.1, 0.15) is 16.1 Å². The molecular weight excluding hydrogens is 383 g/mol. The zero-order valence-corrected chi connectivity index (χ0v) is 13.3. The lowest BCUT2D eigenvalue weighted by Gasteiger charge is -2.16. The van der Waals surface area contributed by atoms with E-state index in [9.17, 15) is 4.79 Å². The molecule has 6 heteroatoms.